The van der Waals surface area contributed by atoms with Crippen LogP contribution >= 0.6 is 0 Å². The van der Waals surface area contributed by atoms with Crippen LogP contribution in [-0.2, 0) is 7.05 Å². The molecule has 1 N–H and O–H groups in total. The average Bonchev–Trinajstić information content (AvgIpc) is 3.34. The summed E-state index contributed by atoms with van der Waals surface area (Å²) >= 11 is 0. The van der Waals surface area contributed by atoms with Gasteiger partial charge in [0.1, 0.15) is 5.69 Å². The summed E-state index contributed by atoms with van der Waals surface area (Å²) in [5, 5.41) is 18.9. The summed E-state index contributed by atoms with van der Waals surface area (Å²) in [5.74, 6) is 1.91. The second-order valence-corrected chi connectivity index (χ2v) is 6.99. The van der Waals surface area contributed by atoms with Crippen LogP contribution in [0, 0.1) is 6.92 Å². The van der Waals surface area contributed by atoms with E-state index in [1.165, 1.54) is 6.07 Å². The normalized spacial score (nSPS) is 12.1. The van der Waals surface area contributed by atoms with Crippen molar-refractivity contribution >= 4 is 5.95 Å². The van der Waals surface area contributed by atoms with Crippen molar-refractivity contribution in [1.29, 1.82) is 0 Å². The minimum absolute atomic E-state index is 0.106. The van der Waals surface area contributed by atoms with E-state index >= 15 is 0 Å². The van der Waals surface area contributed by atoms with Gasteiger partial charge in [0.15, 0.2) is 11.6 Å². The first-order valence-corrected chi connectivity index (χ1v) is 9.15. The third-order valence-electron chi connectivity index (χ3n) is 4.93. The van der Waals surface area contributed by atoms with E-state index in [1.54, 1.807) is 6.20 Å². The van der Waals surface area contributed by atoms with E-state index in [0.29, 0.717) is 17.3 Å². The monoisotopic (exact) mass is 391 g/mol. The Labute approximate surface area is 167 Å². The zero-order valence-electron chi connectivity index (χ0n) is 16.6. The maximum atomic E-state index is 11.5. The first-order chi connectivity index (χ1) is 13.9. The Morgan fingerprint density at radius 1 is 1.17 bits per heavy atom. The molecule has 1 aromatic carbocycles. The predicted molar refractivity (Wildman–Crippen MR) is 108 cm³/mol. The molecule has 3 aromatic heterocycles. The fraction of sp³-hybridized carbons (Fsp3) is 0.250. The fourth-order valence-corrected chi connectivity index (χ4v) is 3.17. The standard InChI is InChI=1S/C20H21N7O2/c1-12-6-5-7-14(8-12)17-10-16(25-29-17)13(2)26(3)20-24-23-19(27(20)4)15-9-18(28)22-21-11-15/h5-11,13H,1-4H3,(H,22,28)/t13-/m0/s1. The van der Waals surface area contributed by atoms with Crippen molar-refractivity contribution in [2.45, 2.75) is 19.9 Å². The lowest BCUT2D eigenvalue weighted by molar-refractivity contribution is 0.417. The molecule has 29 heavy (non-hydrogen) atoms. The number of hydrogen-bond acceptors (Lipinski definition) is 7. The van der Waals surface area contributed by atoms with Crippen molar-refractivity contribution in [1.82, 2.24) is 30.1 Å². The smallest absolute Gasteiger partial charge is 0.264 e. The number of anilines is 1. The number of hydrogen-bond donors (Lipinski definition) is 1. The fourth-order valence-electron chi connectivity index (χ4n) is 3.17. The van der Waals surface area contributed by atoms with Gasteiger partial charge in [0.2, 0.25) is 5.95 Å². The van der Waals surface area contributed by atoms with Gasteiger partial charge >= 0.3 is 0 Å². The van der Waals surface area contributed by atoms with Crippen LogP contribution < -0.4 is 10.5 Å². The van der Waals surface area contributed by atoms with Crippen LogP contribution in [-0.4, -0.2) is 37.2 Å². The summed E-state index contributed by atoms with van der Waals surface area (Å²) in [6.45, 7) is 4.06. The number of benzene rings is 1. The van der Waals surface area contributed by atoms with Gasteiger partial charge in [-0.1, -0.05) is 28.9 Å². The molecular formula is C20H21N7O2. The first kappa shape index (κ1) is 18.6. The Morgan fingerprint density at radius 2 is 2.00 bits per heavy atom. The minimum Gasteiger partial charge on any atom is -0.356 e. The topological polar surface area (TPSA) is 106 Å². The number of H-pyrrole nitrogens is 1. The zero-order valence-corrected chi connectivity index (χ0v) is 16.6. The Bertz CT molecular complexity index is 1210. The molecule has 9 nitrogen and oxygen atoms in total. The van der Waals surface area contributed by atoms with Gasteiger partial charge in [-0.15, -0.1) is 10.2 Å². The van der Waals surface area contributed by atoms with E-state index in [-0.39, 0.29) is 11.6 Å². The van der Waals surface area contributed by atoms with Crippen molar-refractivity contribution in [3.63, 3.8) is 0 Å². The molecule has 4 rings (SSSR count). The van der Waals surface area contributed by atoms with E-state index in [4.69, 9.17) is 4.52 Å². The number of nitrogens with one attached hydrogen (secondary N) is 1. The summed E-state index contributed by atoms with van der Waals surface area (Å²) in [6.07, 6.45) is 1.55. The van der Waals surface area contributed by atoms with Crippen LogP contribution in [0.1, 0.15) is 24.2 Å². The van der Waals surface area contributed by atoms with Gasteiger partial charge in [0.05, 0.1) is 12.2 Å². The number of aryl methyl sites for hydroxylation is 1. The molecule has 0 aliphatic rings. The maximum absolute atomic E-state index is 11.5. The van der Waals surface area contributed by atoms with E-state index in [1.807, 2.05) is 61.7 Å². The Balaban J connectivity index is 1.60. The molecule has 9 heteroatoms. The Hall–Kier alpha value is -3.75. The van der Waals surface area contributed by atoms with Crippen LogP contribution in [0.5, 0.6) is 0 Å². The van der Waals surface area contributed by atoms with Gasteiger partial charge in [0, 0.05) is 37.4 Å². The third kappa shape index (κ3) is 3.54. The van der Waals surface area contributed by atoms with Crippen molar-refractivity contribution in [3.8, 4) is 22.7 Å². The Kier molecular flexibility index (Phi) is 4.71. The summed E-state index contributed by atoms with van der Waals surface area (Å²) in [7, 11) is 3.76. The largest absolute Gasteiger partial charge is 0.356 e. The second-order valence-electron chi connectivity index (χ2n) is 6.99. The SMILES string of the molecule is Cc1cccc(-c2cc([C@H](C)N(C)c3nnc(-c4cn[nH]c(=O)c4)n3C)no2)c1. The number of aromatic nitrogens is 6. The summed E-state index contributed by atoms with van der Waals surface area (Å²) in [6, 6.07) is 11.4. The highest BCUT2D eigenvalue weighted by molar-refractivity contribution is 5.59. The minimum atomic E-state index is -0.292. The molecule has 148 valence electrons. The second kappa shape index (κ2) is 7.34. The van der Waals surface area contributed by atoms with E-state index in [9.17, 15) is 4.79 Å². The molecule has 0 bridgehead atoms. The summed E-state index contributed by atoms with van der Waals surface area (Å²) < 4.78 is 7.38. The molecule has 0 saturated heterocycles. The van der Waals surface area contributed by atoms with Gasteiger partial charge in [-0.05, 0) is 19.9 Å². The van der Waals surface area contributed by atoms with Crippen LogP contribution in [0.25, 0.3) is 22.7 Å². The lowest BCUT2D eigenvalue weighted by Crippen LogP contribution is -2.25. The molecule has 0 aliphatic carbocycles. The van der Waals surface area contributed by atoms with Gasteiger partial charge in [0.25, 0.3) is 5.56 Å². The molecule has 1 atom stereocenters. The lowest BCUT2D eigenvalue weighted by atomic mass is 10.1. The number of aromatic amines is 1. The molecule has 0 amide bonds. The van der Waals surface area contributed by atoms with Gasteiger partial charge in [-0.25, -0.2) is 5.10 Å². The molecule has 4 aromatic rings. The zero-order chi connectivity index (χ0) is 20.5. The first-order valence-electron chi connectivity index (χ1n) is 9.15. The molecule has 0 fully saturated rings. The molecule has 0 unspecified atom stereocenters. The molecule has 0 aliphatic heterocycles. The van der Waals surface area contributed by atoms with Crippen LogP contribution in [0.2, 0.25) is 0 Å². The lowest BCUT2D eigenvalue weighted by Gasteiger charge is -2.23. The highest BCUT2D eigenvalue weighted by atomic mass is 16.5. The summed E-state index contributed by atoms with van der Waals surface area (Å²) in [4.78, 5) is 13.5. The van der Waals surface area contributed by atoms with Gasteiger partial charge in [-0.3, -0.25) is 9.36 Å². The van der Waals surface area contributed by atoms with E-state index < -0.39 is 0 Å². The highest BCUT2D eigenvalue weighted by Gasteiger charge is 2.22. The number of rotatable bonds is 5. The van der Waals surface area contributed by atoms with Crippen LogP contribution in [0.4, 0.5) is 5.95 Å². The highest BCUT2D eigenvalue weighted by Crippen LogP contribution is 2.29. The van der Waals surface area contributed by atoms with Gasteiger partial charge < -0.3 is 9.42 Å². The van der Waals surface area contributed by atoms with Crippen molar-refractivity contribution in [2.75, 3.05) is 11.9 Å². The molecular weight excluding hydrogens is 370 g/mol. The molecule has 0 spiro atoms. The van der Waals surface area contributed by atoms with Crippen molar-refractivity contribution < 1.29 is 4.52 Å². The predicted octanol–water partition coefficient (Wildman–Crippen LogP) is 2.73. The Morgan fingerprint density at radius 3 is 2.76 bits per heavy atom. The van der Waals surface area contributed by atoms with Crippen molar-refractivity contribution in [3.05, 3.63) is 64.2 Å². The average molecular weight is 391 g/mol. The van der Waals surface area contributed by atoms with Crippen molar-refractivity contribution in [2.24, 2.45) is 7.05 Å². The van der Waals surface area contributed by atoms with Crippen LogP contribution in [0.15, 0.2) is 51.9 Å². The molecule has 0 radical (unpaired) electrons. The number of nitrogens with zero attached hydrogens (tertiary/aromatic N) is 6. The summed E-state index contributed by atoms with van der Waals surface area (Å²) in [5.41, 5.74) is 3.23. The van der Waals surface area contributed by atoms with Gasteiger partial charge in [-0.2, -0.15) is 5.10 Å². The van der Waals surface area contributed by atoms with Crippen LogP contribution in [0.3, 0.4) is 0 Å². The third-order valence-corrected chi connectivity index (χ3v) is 4.93. The van der Waals surface area contributed by atoms with E-state index in [0.717, 1.165) is 22.6 Å². The molecule has 0 saturated carbocycles. The maximum Gasteiger partial charge on any atom is 0.264 e. The van der Waals surface area contributed by atoms with E-state index in [2.05, 4.69) is 31.6 Å². The quantitative estimate of drug-likeness (QED) is 0.557. The molecule has 3 heterocycles.